The van der Waals surface area contributed by atoms with E-state index >= 15 is 0 Å². The average Bonchev–Trinajstić information content (AvgIpc) is 2.27. The van der Waals surface area contributed by atoms with Crippen LogP contribution in [-0.4, -0.2) is 11.7 Å². The summed E-state index contributed by atoms with van der Waals surface area (Å²) < 4.78 is 0. The molecule has 0 aromatic heterocycles. The van der Waals surface area contributed by atoms with E-state index in [0.29, 0.717) is 12.0 Å². The lowest BCUT2D eigenvalue weighted by Gasteiger charge is -2.01. The number of hydrogen-bond acceptors (Lipinski definition) is 3. The molecule has 1 aromatic carbocycles. The van der Waals surface area contributed by atoms with Crippen molar-refractivity contribution in [2.45, 2.75) is 13.3 Å². The van der Waals surface area contributed by atoms with E-state index in [4.69, 9.17) is 11.0 Å². The molecule has 0 aliphatic rings. The number of benzene rings is 1. The average molecular weight is 216 g/mol. The number of carbonyl (C=O) groups is 1. The predicted octanol–water partition coefficient (Wildman–Crippen LogP) is 1.14. The molecule has 0 saturated heterocycles. The highest BCUT2D eigenvalue weighted by Crippen LogP contribution is 2.04. The summed E-state index contributed by atoms with van der Waals surface area (Å²) in [5, 5.41) is 12.4. The van der Waals surface area contributed by atoms with Crippen molar-refractivity contribution in [1.29, 1.82) is 5.26 Å². The van der Waals surface area contributed by atoms with E-state index in [1.54, 1.807) is 19.1 Å². The molecule has 5 nitrogen and oxygen atoms in total. The van der Waals surface area contributed by atoms with Crippen LogP contribution in [0.4, 0.5) is 4.79 Å². The lowest BCUT2D eigenvalue weighted by molar-refractivity contribution is 0.249. The van der Waals surface area contributed by atoms with Gasteiger partial charge >= 0.3 is 6.03 Å². The van der Waals surface area contributed by atoms with Crippen LogP contribution in [0.3, 0.4) is 0 Å². The van der Waals surface area contributed by atoms with Crippen LogP contribution in [0, 0.1) is 11.3 Å². The maximum absolute atomic E-state index is 10.4. The summed E-state index contributed by atoms with van der Waals surface area (Å²) in [6.07, 6.45) is 0.603. The van der Waals surface area contributed by atoms with Gasteiger partial charge in [-0.15, -0.1) is 0 Å². The number of urea groups is 1. The molecule has 16 heavy (non-hydrogen) atoms. The molecule has 0 fully saturated rings. The maximum Gasteiger partial charge on any atom is 0.332 e. The van der Waals surface area contributed by atoms with Crippen molar-refractivity contribution in [2.75, 3.05) is 0 Å². The van der Waals surface area contributed by atoms with Crippen LogP contribution >= 0.6 is 0 Å². The zero-order valence-electron chi connectivity index (χ0n) is 8.90. The fraction of sp³-hybridized carbons (Fsp3) is 0.182. The van der Waals surface area contributed by atoms with Crippen LogP contribution in [0.5, 0.6) is 0 Å². The molecule has 0 bridgehead atoms. The Balaban J connectivity index is 2.63. The number of primary amides is 1. The first-order valence-electron chi connectivity index (χ1n) is 4.69. The van der Waals surface area contributed by atoms with Crippen LogP contribution in [0.25, 0.3) is 0 Å². The van der Waals surface area contributed by atoms with Crippen LogP contribution < -0.4 is 11.2 Å². The van der Waals surface area contributed by atoms with Gasteiger partial charge in [-0.1, -0.05) is 12.1 Å². The lowest BCUT2D eigenvalue weighted by Crippen LogP contribution is -2.25. The van der Waals surface area contributed by atoms with Gasteiger partial charge in [0.15, 0.2) is 0 Å². The fourth-order valence-corrected chi connectivity index (χ4v) is 1.18. The summed E-state index contributed by atoms with van der Waals surface area (Å²) in [5.41, 5.74) is 9.42. The highest BCUT2D eigenvalue weighted by atomic mass is 16.2. The second kappa shape index (κ2) is 5.51. The fourth-order valence-electron chi connectivity index (χ4n) is 1.18. The number of nitrogens with one attached hydrogen (secondary N) is 1. The van der Waals surface area contributed by atoms with Gasteiger partial charge in [-0.25, -0.2) is 10.2 Å². The Morgan fingerprint density at radius 3 is 2.62 bits per heavy atom. The first-order chi connectivity index (χ1) is 7.61. The summed E-state index contributed by atoms with van der Waals surface area (Å²) in [6, 6.07) is 8.54. The molecule has 1 aromatic rings. The van der Waals surface area contributed by atoms with Gasteiger partial charge in [-0.3, -0.25) is 0 Å². The number of carbonyl (C=O) groups excluding carboxylic acids is 1. The first-order valence-corrected chi connectivity index (χ1v) is 4.69. The van der Waals surface area contributed by atoms with Gasteiger partial charge in [0.25, 0.3) is 0 Å². The van der Waals surface area contributed by atoms with E-state index < -0.39 is 6.03 Å². The molecule has 3 N–H and O–H groups in total. The standard InChI is InChI=1S/C11H12N4O/c1-8(14-15-11(13)16)6-9-2-4-10(7-12)5-3-9/h2-5H,6H2,1H3,(H3,13,15,16). The minimum Gasteiger partial charge on any atom is -0.350 e. The molecule has 0 atom stereocenters. The second-order valence-corrected chi connectivity index (χ2v) is 3.31. The Morgan fingerprint density at radius 2 is 2.12 bits per heavy atom. The summed E-state index contributed by atoms with van der Waals surface area (Å²) in [7, 11) is 0. The number of nitrogens with two attached hydrogens (primary N) is 1. The normalized spacial score (nSPS) is 10.6. The summed E-state index contributed by atoms with van der Waals surface area (Å²) in [5.74, 6) is 0. The smallest absolute Gasteiger partial charge is 0.332 e. The number of nitrogens with zero attached hydrogens (tertiary/aromatic N) is 2. The predicted molar refractivity (Wildman–Crippen MR) is 60.7 cm³/mol. The van der Waals surface area contributed by atoms with Gasteiger partial charge in [0.05, 0.1) is 11.6 Å². The van der Waals surface area contributed by atoms with Crippen LogP contribution in [0.15, 0.2) is 29.4 Å². The molecule has 82 valence electrons. The van der Waals surface area contributed by atoms with Gasteiger partial charge in [-0.2, -0.15) is 10.4 Å². The number of nitriles is 1. The Morgan fingerprint density at radius 1 is 1.50 bits per heavy atom. The van der Waals surface area contributed by atoms with Crippen molar-refractivity contribution in [3.8, 4) is 6.07 Å². The van der Waals surface area contributed by atoms with E-state index in [9.17, 15) is 4.79 Å². The Bertz CT molecular complexity index is 442. The minimum absolute atomic E-state index is 0.603. The zero-order chi connectivity index (χ0) is 12.0. The van der Waals surface area contributed by atoms with Crippen molar-refractivity contribution >= 4 is 11.7 Å². The topological polar surface area (TPSA) is 91.3 Å². The third-order valence-electron chi connectivity index (χ3n) is 1.90. The van der Waals surface area contributed by atoms with Crippen LogP contribution in [-0.2, 0) is 6.42 Å². The van der Waals surface area contributed by atoms with E-state index in [1.807, 2.05) is 18.2 Å². The number of rotatable bonds is 3. The summed E-state index contributed by atoms with van der Waals surface area (Å²) in [6.45, 7) is 1.79. The highest BCUT2D eigenvalue weighted by molar-refractivity contribution is 5.85. The van der Waals surface area contributed by atoms with E-state index in [0.717, 1.165) is 11.3 Å². The van der Waals surface area contributed by atoms with Gasteiger partial charge < -0.3 is 5.73 Å². The highest BCUT2D eigenvalue weighted by Gasteiger charge is 1.97. The molecular weight excluding hydrogens is 204 g/mol. The molecule has 1 rings (SSSR count). The molecule has 0 aliphatic heterocycles. The van der Waals surface area contributed by atoms with Gasteiger partial charge in [0.2, 0.25) is 0 Å². The molecule has 0 aliphatic carbocycles. The summed E-state index contributed by atoms with van der Waals surface area (Å²) in [4.78, 5) is 10.4. The molecule has 2 amide bonds. The molecular formula is C11H12N4O. The lowest BCUT2D eigenvalue weighted by atomic mass is 10.1. The van der Waals surface area contributed by atoms with E-state index in [2.05, 4.69) is 10.5 Å². The third kappa shape index (κ3) is 3.80. The van der Waals surface area contributed by atoms with Gasteiger partial charge in [0, 0.05) is 12.1 Å². The number of hydrazone groups is 1. The Labute approximate surface area is 93.6 Å². The van der Waals surface area contributed by atoms with Crippen molar-refractivity contribution in [3.05, 3.63) is 35.4 Å². The largest absolute Gasteiger partial charge is 0.350 e. The monoisotopic (exact) mass is 216 g/mol. The van der Waals surface area contributed by atoms with E-state index in [1.165, 1.54) is 0 Å². The van der Waals surface area contributed by atoms with Gasteiger partial charge in [0.1, 0.15) is 0 Å². The second-order valence-electron chi connectivity index (χ2n) is 3.31. The maximum atomic E-state index is 10.4. The molecule has 0 unspecified atom stereocenters. The molecule has 0 saturated carbocycles. The molecule has 0 radical (unpaired) electrons. The quantitative estimate of drug-likeness (QED) is 0.586. The van der Waals surface area contributed by atoms with Crippen molar-refractivity contribution in [2.24, 2.45) is 10.8 Å². The SMILES string of the molecule is CC(Cc1ccc(C#N)cc1)=NNC(N)=O. The van der Waals surface area contributed by atoms with Crippen LogP contribution in [0.1, 0.15) is 18.1 Å². The summed E-state index contributed by atoms with van der Waals surface area (Å²) >= 11 is 0. The van der Waals surface area contributed by atoms with Crippen molar-refractivity contribution < 1.29 is 4.79 Å². The number of hydrogen-bond donors (Lipinski definition) is 2. The number of amides is 2. The van der Waals surface area contributed by atoms with Crippen molar-refractivity contribution in [3.63, 3.8) is 0 Å². The third-order valence-corrected chi connectivity index (χ3v) is 1.90. The van der Waals surface area contributed by atoms with Crippen LogP contribution in [0.2, 0.25) is 0 Å². The molecule has 0 spiro atoms. The minimum atomic E-state index is -0.681. The molecule has 5 heteroatoms. The van der Waals surface area contributed by atoms with E-state index in [-0.39, 0.29) is 0 Å². The first kappa shape index (κ1) is 11.7. The Hall–Kier alpha value is -2.35. The molecule has 0 heterocycles. The van der Waals surface area contributed by atoms with Crippen molar-refractivity contribution in [1.82, 2.24) is 5.43 Å². The zero-order valence-corrected chi connectivity index (χ0v) is 8.90. The van der Waals surface area contributed by atoms with Gasteiger partial charge in [-0.05, 0) is 24.6 Å². The Kier molecular flexibility index (Phi) is 4.04.